The molecule has 0 unspecified atom stereocenters. The standard InChI is InChI=1S/C16H26BrN3/c1-12(2)20-8-6-16(11-18,7-9-20)19-15-10-13(3)4-5-14(15)17/h4-5,10,12,19H,6-9,11,18H2,1-3H3. The van der Waals surface area contributed by atoms with Gasteiger partial charge in [-0.15, -0.1) is 0 Å². The van der Waals surface area contributed by atoms with Gasteiger partial charge in [0.05, 0.1) is 5.54 Å². The Hall–Kier alpha value is -0.580. The van der Waals surface area contributed by atoms with Crippen LogP contribution in [0.5, 0.6) is 0 Å². The third kappa shape index (κ3) is 3.54. The summed E-state index contributed by atoms with van der Waals surface area (Å²) in [5.74, 6) is 0. The molecule has 0 spiro atoms. The lowest BCUT2D eigenvalue weighted by Gasteiger charge is -2.44. The first-order chi connectivity index (χ1) is 9.46. The Bertz CT molecular complexity index is 451. The van der Waals surface area contributed by atoms with E-state index in [0.717, 1.165) is 36.1 Å². The van der Waals surface area contributed by atoms with Crippen LogP contribution in [0.15, 0.2) is 22.7 Å². The number of piperidine rings is 1. The third-order valence-corrected chi connectivity index (χ3v) is 5.09. The van der Waals surface area contributed by atoms with E-state index in [-0.39, 0.29) is 5.54 Å². The van der Waals surface area contributed by atoms with Gasteiger partial charge in [0.25, 0.3) is 0 Å². The van der Waals surface area contributed by atoms with Gasteiger partial charge in [-0.05, 0) is 67.2 Å². The van der Waals surface area contributed by atoms with E-state index in [1.807, 2.05) is 0 Å². The summed E-state index contributed by atoms with van der Waals surface area (Å²) in [5.41, 5.74) is 8.56. The number of nitrogens with one attached hydrogen (secondary N) is 1. The van der Waals surface area contributed by atoms with Crippen molar-refractivity contribution in [3.63, 3.8) is 0 Å². The monoisotopic (exact) mass is 339 g/mol. The Morgan fingerprint density at radius 2 is 2.00 bits per heavy atom. The number of hydrogen-bond acceptors (Lipinski definition) is 3. The normalized spacial score (nSPS) is 19.3. The van der Waals surface area contributed by atoms with Crippen molar-refractivity contribution in [1.29, 1.82) is 0 Å². The maximum absolute atomic E-state index is 6.10. The van der Waals surface area contributed by atoms with Crippen molar-refractivity contribution in [2.24, 2.45) is 5.73 Å². The van der Waals surface area contributed by atoms with E-state index in [1.165, 1.54) is 5.56 Å². The molecule has 4 heteroatoms. The van der Waals surface area contributed by atoms with E-state index in [9.17, 15) is 0 Å². The largest absolute Gasteiger partial charge is 0.377 e. The highest BCUT2D eigenvalue weighted by Crippen LogP contribution is 2.31. The molecular weight excluding hydrogens is 314 g/mol. The number of hydrogen-bond donors (Lipinski definition) is 2. The van der Waals surface area contributed by atoms with E-state index in [4.69, 9.17) is 5.73 Å². The summed E-state index contributed by atoms with van der Waals surface area (Å²) >= 11 is 3.63. The summed E-state index contributed by atoms with van der Waals surface area (Å²) in [6, 6.07) is 7.03. The van der Waals surface area contributed by atoms with Crippen molar-refractivity contribution < 1.29 is 0 Å². The van der Waals surface area contributed by atoms with E-state index < -0.39 is 0 Å². The maximum atomic E-state index is 6.10. The van der Waals surface area contributed by atoms with E-state index in [1.54, 1.807) is 0 Å². The number of nitrogens with zero attached hydrogens (tertiary/aromatic N) is 1. The minimum Gasteiger partial charge on any atom is -0.377 e. The maximum Gasteiger partial charge on any atom is 0.0520 e. The van der Waals surface area contributed by atoms with Gasteiger partial charge in [0.2, 0.25) is 0 Å². The molecule has 1 saturated heterocycles. The molecule has 1 aromatic rings. The lowest BCUT2D eigenvalue weighted by Crippen LogP contribution is -2.54. The molecule has 112 valence electrons. The molecule has 0 aliphatic carbocycles. The number of aryl methyl sites for hydroxylation is 1. The van der Waals surface area contributed by atoms with Crippen LogP contribution in [0.25, 0.3) is 0 Å². The van der Waals surface area contributed by atoms with Gasteiger partial charge >= 0.3 is 0 Å². The predicted octanol–water partition coefficient (Wildman–Crippen LogP) is 3.37. The van der Waals surface area contributed by atoms with Crippen molar-refractivity contribution in [2.75, 3.05) is 25.0 Å². The van der Waals surface area contributed by atoms with Crippen LogP contribution >= 0.6 is 15.9 Å². The Labute approximate surface area is 131 Å². The molecule has 0 radical (unpaired) electrons. The van der Waals surface area contributed by atoms with Gasteiger partial charge < -0.3 is 16.0 Å². The van der Waals surface area contributed by atoms with Crippen molar-refractivity contribution in [3.05, 3.63) is 28.2 Å². The number of nitrogens with two attached hydrogens (primary N) is 1. The van der Waals surface area contributed by atoms with Gasteiger partial charge in [-0.3, -0.25) is 0 Å². The van der Waals surface area contributed by atoms with Crippen molar-refractivity contribution >= 4 is 21.6 Å². The van der Waals surface area contributed by atoms with Crippen LogP contribution in [0, 0.1) is 6.92 Å². The van der Waals surface area contributed by atoms with Gasteiger partial charge in [0.1, 0.15) is 0 Å². The van der Waals surface area contributed by atoms with E-state index >= 15 is 0 Å². The number of anilines is 1. The number of benzene rings is 1. The molecule has 2 rings (SSSR count). The second kappa shape index (κ2) is 6.46. The first-order valence-corrected chi connectivity index (χ1v) is 8.23. The summed E-state index contributed by atoms with van der Waals surface area (Å²) in [6.07, 6.45) is 2.20. The van der Waals surface area contributed by atoms with E-state index in [2.05, 4.69) is 65.1 Å². The first kappa shape index (κ1) is 15.8. The molecular formula is C16H26BrN3. The van der Waals surface area contributed by atoms with Crippen LogP contribution in [0.4, 0.5) is 5.69 Å². The Balaban J connectivity index is 2.11. The zero-order valence-corrected chi connectivity index (χ0v) is 14.3. The van der Waals surface area contributed by atoms with Crippen LogP contribution in [0.3, 0.4) is 0 Å². The van der Waals surface area contributed by atoms with E-state index in [0.29, 0.717) is 12.6 Å². The number of halogens is 1. The second-order valence-corrected chi connectivity index (χ2v) is 7.08. The molecule has 0 saturated carbocycles. The average Bonchev–Trinajstić information content (AvgIpc) is 2.43. The number of likely N-dealkylation sites (tertiary alicyclic amines) is 1. The molecule has 1 aromatic carbocycles. The molecule has 1 aliphatic rings. The van der Waals surface area contributed by atoms with Crippen LogP contribution in [0.2, 0.25) is 0 Å². The minimum atomic E-state index is 0.0295. The third-order valence-electron chi connectivity index (χ3n) is 4.40. The smallest absolute Gasteiger partial charge is 0.0520 e. The average molecular weight is 340 g/mol. The summed E-state index contributed by atoms with van der Waals surface area (Å²) < 4.78 is 1.11. The van der Waals surface area contributed by atoms with Crippen LogP contribution in [-0.2, 0) is 0 Å². The lowest BCUT2D eigenvalue weighted by molar-refractivity contribution is 0.144. The van der Waals surface area contributed by atoms with Crippen molar-refractivity contribution in [2.45, 2.75) is 45.2 Å². The highest BCUT2D eigenvalue weighted by molar-refractivity contribution is 9.10. The van der Waals surface area contributed by atoms with Gasteiger partial charge in [-0.1, -0.05) is 6.07 Å². The minimum absolute atomic E-state index is 0.0295. The van der Waals surface area contributed by atoms with Crippen LogP contribution in [-0.4, -0.2) is 36.1 Å². The fourth-order valence-corrected chi connectivity index (χ4v) is 3.21. The lowest BCUT2D eigenvalue weighted by atomic mass is 9.86. The molecule has 1 heterocycles. The molecule has 0 bridgehead atoms. The van der Waals surface area contributed by atoms with Gasteiger partial charge in [0.15, 0.2) is 0 Å². The molecule has 1 aliphatic heterocycles. The zero-order valence-electron chi connectivity index (χ0n) is 12.7. The second-order valence-electron chi connectivity index (χ2n) is 6.22. The topological polar surface area (TPSA) is 41.3 Å². The first-order valence-electron chi connectivity index (χ1n) is 7.44. The quantitative estimate of drug-likeness (QED) is 0.883. The Morgan fingerprint density at radius 1 is 1.35 bits per heavy atom. The van der Waals surface area contributed by atoms with Crippen molar-refractivity contribution in [1.82, 2.24) is 4.90 Å². The molecule has 3 nitrogen and oxygen atoms in total. The fraction of sp³-hybridized carbons (Fsp3) is 0.625. The van der Waals surface area contributed by atoms with Gasteiger partial charge in [-0.2, -0.15) is 0 Å². The Kier molecular flexibility index (Phi) is 5.10. The predicted molar refractivity (Wildman–Crippen MR) is 90.2 cm³/mol. The highest BCUT2D eigenvalue weighted by atomic mass is 79.9. The summed E-state index contributed by atoms with van der Waals surface area (Å²) in [5, 5.41) is 3.71. The molecule has 0 aromatic heterocycles. The Morgan fingerprint density at radius 3 is 2.55 bits per heavy atom. The number of rotatable bonds is 4. The van der Waals surface area contributed by atoms with Gasteiger partial charge in [0, 0.05) is 35.8 Å². The molecule has 1 fully saturated rings. The summed E-state index contributed by atoms with van der Waals surface area (Å²) in [7, 11) is 0. The summed E-state index contributed by atoms with van der Waals surface area (Å²) in [6.45, 7) is 9.56. The molecule has 20 heavy (non-hydrogen) atoms. The van der Waals surface area contributed by atoms with Crippen LogP contribution in [0.1, 0.15) is 32.3 Å². The molecule has 0 amide bonds. The molecule has 0 atom stereocenters. The highest BCUT2D eigenvalue weighted by Gasteiger charge is 2.34. The summed E-state index contributed by atoms with van der Waals surface area (Å²) in [4.78, 5) is 2.53. The molecule has 3 N–H and O–H groups in total. The van der Waals surface area contributed by atoms with Gasteiger partial charge in [-0.25, -0.2) is 0 Å². The van der Waals surface area contributed by atoms with Crippen LogP contribution < -0.4 is 11.1 Å². The fourth-order valence-electron chi connectivity index (χ4n) is 2.87. The van der Waals surface area contributed by atoms with Crippen molar-refractivity contribution in [3.8, 4) is 0 Å². The zero-order chi connectivity index (χ0) is 14.8. The SMILES string of the molecule is Cc1ccc(Br)c(NC2(CN)CCN(C(C)C)CC2)c1.